The molecule has 2 heterocycles. The minimum Gasteiger partial charge on any atom is -0.364 e. The van der Waals surface area contributed by atoms with E-state index in [4.69, 9.17) is 0 Å². The van der Waals surface area contributed by atoms with E-state index in [-0.39, 0.29) is 0 Å². The summed E-state index contributed by atoms with van der Waals surface area (Å²) in [5.41, 5.74) is 2.18. The number of benzene rings is 1. The van der Waals surface area contributed by atoms with Crippen LogP contribution in [0.3, 0.4) is 0 Å². The van der Waals surface area contributed by atoms with Crippen LogP contribution in [0, 0.1) is 0 Å². The first-order valence-corrected chi connectivity index (χ1v) is 5.78. The van der Waals surface area contributed by atoms with E-state index in [2.05, 4.69) is 38.7 Å². The van der Waals surface area contributed by atoms with Gasteiger partial charge in [0, 0.05) is 24.3 Å². The minimum absolute atomic E-state index is 0.688. The molecule has 1 aromatic carbocycles. The highest BCUT2D eigenvalue weighted by Crippen LogP contribution is 2.16. The molecule has 1 N–H and O–H groups in total. The number of hydrogen-bond acceptors (Lipinski definition) is 4. The van der Waals surface area contributed by atoms with Gasteiger partial charge in [-0.2, -0.15) is 5.10 Å². The van der Waals surface area contributed by atoms with Crippen LogP contribution < -0.4 is 5.32 Å². The largest absolute Gasteiger partial charge is 0.364 e. The normalized spacial score (nSPS) is 10.4. The molecule has 4 heteroatoms. The highest BCUT2D eigenvalue weighted by molar-refractivity contribution is 5.81. The molecule has 0 aliphatic rings. The Morgan fingerprint density at radius 2 is 1.83 bits per heavy atom. The van der Waals surface area contributed by atoms with E-state index in [1.54, 1.807) is 6.20 Å². The van der Waals surface area contributed by atoms with Gasteiger partial charge in [-0.3, -0.25) is 4.98 Å². The monoisotopic (exact) mass is 236 g/mol. The number of fused-ring (bicyclic) bond motifs is 1. The van der Waals surface area contributed by atoms with Crippen molar-refractivity contribution in [1.82, 2.24) is 15.2 Å². The molecule has 0 atom stereocenters. The molecule has 3 rings (SSSR count). The summed E-state index contributed by atoms with van der Waals surface area (Å²) >= 11 is 0. The summed E-state index contributed by atoms with van der Waals surface area (Å²) in [5, 5.41) is 12.2. The molecule has 4 nitrogen and oxygen atoms in total. The van der Waals surface area contributed by atoms with Crippen LogP contribution in [0.4, 0.5) is 5.82 Å². The quantitative estimate of drug-likeness (QED) is 0.759. The van der Waals surface area contributed by atoms with Gasteiger partial charge in [0.2, 0.25) is 0 Å². The molecule has 0 aliphatic carbocycles. The molecule has 0 fully saturated rings. The topological polar surface area (TPSA) is 50.7 Å². The second-order valence-electron chi connectivity index (χ2n) is 3.95. The Kier molecular flexibility index (Phi) is 2.84. The van der Waals surface area contributed by atoms with Crippen LogP contribution in [0.15, 0.2) is 54.9 Å². The fourth-order valence-corrected chi connectivity index (χ4v) is 1.89. The summed E-state index contributed by atoms with van der Waals surface area (Å²) < 4.78 is 0. The van der Waals surface area contributed by atoms with Gasteiger partial charge in [-0.25, -0.2) is 0 Å². The summed E-state index contributed by atoms with van der Waals surface area (Å²) in [5.74, 6) is 0.769. The zero-order chi connectivity index (χ0) is 12.2. The molecule has 88 valence electrons. The van der Waals surface area contributed by atoms with E-state index < -0.39 is 0 Å². The first-order valence-electron chi connectivity index (χ1n) is 5.78. The maximum atomic E-state index is 4.42. The van der Waals surface area contributed by atoms with Gasteiger partial charge in [-0.15, -0.1) is 5.10 Å². The number of anilines is 1. The Balaban J connectivity index is 1.87. The zero-order valence-corrected chi connectivity index (χ0v) is 9.74. The van der Waals surface area contributed by atoms with Gasteiger partial charge in [-0.1, -0.05) is 24.3 Å². The molecule has 0 radical (unpaired) electrons. The van der Waals surface area contributed by atoms with Crippen molar-refractivity contribution in [3.8, 4) is 0 Å². The fraction of sp³-hybridized carbons (Fsp3) is 0.0714. The summed E-state index contributed by atoms with van der Waals surface area (Å²) in [6, 6.07) is 13.9. The zero-order valence-electron chi connectivity index (χ0n) is 9.74. The molecule has 0 saturated carbocycles. The van der Waals surface area contributed by atoms with Crippen molar-refractivity contribution in [1.29, 1.82) is 0 Å². The lowest BCUT2D eigenvalue weighted by atomic mass is 10.1. The van der Waals surface area contributed by atoms with Gasteiger partial charge in [0.05, 0.1) is 5.52 Å². The fourth-order valence-electron chi connectivity index (χ4n) is 1.89. The first kappa shape index (κ1) is 10.7. The first-order chi connectivity index (χ1) is 8.93. The maximum absolute atomic E-state index is 4.42. The Morgan fingerprint density at radius 1 is 0.944 bits per heavy atom. The Hall–Kier alpha value is -2.49. The third-order valence-corrected chi connectivity index (χ3v) is 2.75. The van der Waals surface area contributed by atoms with Gasteiger partial charge in [0.1, 0.15) is 5.82 Å². The standard InChI is InChI=1S/C14H12N4/c1-4-11-6-2-8-15-14(11)12(5-1)10-16-13-7-3-9-17-18-13/h1-9H,10H2,(H,16,18). The minimum atomic E-state index is 0.688. The van der Waals surface area contributed by atoms with Crippen LogP contribution in [0.1, 0.15) is 5.56 Å². The van der Waals surface area contributed by atoms with E-state index in [0.717, 1.165) is 22.3 Å². The number of para-hydroxylation sites is 1. The Labute approximate surface area is 105 Å². The van der Waals surface area contributed by atoms with Crippen molar-refractivity contribution in [2.75, 3.05) is 5.32 Å². The van der Waals surface area contributed by atoms with E-state index >= 15 is 0 Å². The number of aromatic nitrogens is 3. The second-order valence-corrected chi connectivity index (χ2v) is 3.95. The summed E-state index contributed by atoms with van der Waals surface area (Å²) in [4.78, 5) is 4.42. The van der Waals surface area contributed by atoms with Crippen molar-refractivity contribution in [3.05, 3.63) is 60.4 Å². The second kappa shape index (κ2) is 4.79. The molecule has 3 aromatic rings. The van der Waals surface area contributed by atoms with Crippen LogP contribution in [-0.2, 0) is 6.54 Å². The van der Waals surface area contributed by atoms with E-state index in [9.17, 15) is 0 Å². The summed E-state index contributed by atoms with van der Waals surface area (Å²) in [6.07, 6.45) is 3.47. The lowest BCUT2D eigenvalue weighted by Gasteiger charge is -2.07. The van der Waals surface area contributed by atoms with Crippen molar-refractivity contribution in [2.24, 2.45) is 0 Å². The van der Waals surface area contributed by atoms with Gasteiger partial charge in [0.15, 0.2) is 0 Å². The predicted octanol–water partition coefficient (Wildman–Crippen LogP) is 2.64. The average molecular weight is 236 g/mol. The molecule has 18 heavy (non-hydrogen) atoms. The highest BCUT2D eigenvalue weighted by atomic mass is 15.2. The molecule has 0 saturated heterocycles. The number of nitrogens with zero attached hydrogens (tertiary/aromatic N) is 3. The molecular weight excluding hydrogens is 224 g/mol. The van der Waals surface area contributed by atoms with Crippen LogP contribution in [0.5, 0.6) is 0 Å². The highest BCUT2D eigenvalue weighted by Gasteiger charge is 2.01. The van der Waals surface area contributed by atoms with E-state index in [1.165, 1.54) is 0 Å². The molecule has 0 spiro atoms. The Bertz CT molecular complexity index is 647. The summed E-state index contributed by atoms with van der Waals surface area (Å²) in [7, 11) is 0. The van der Waals surface area contributed by atoms with Crippen molar-refractivity contribution in [3.63, 3.8) is 0 Å². The molecular formula is C14H12N4. The molecule has 0 bridgehead atoms. The van der Waals surface area contributed by atoms with Crippen molar-refractivity contribution < 1.29 is 0 Å². The van der Waals surface area contributed by atoms with Gasteiger partial charge < -0.3 is 5.32 Å². The predicted molar refractivity (Wildman–Crippen MR) is 71.1 cm³/mol. The third-order valence-electron chi connectivity index (χ3n) is 2.75. The maximum Gasteiger partial charge on any atom is 0.148 e. The molecule has 0 aliphatic heterocycles. The lowest BCUT2D eigenvalue weighted by Crippen LogP contribution is -2.02. The summed E-state index contributed by atoms with van der Waals surface area (Å²) in [6.45, 7) is 0.688. The number of hydrogen-bond donors (Lipinski definition) is 1. The molecule has 2 aromatic heterocycles. The number of rotatable bonds is 3. The van der Waals surface area contributed by atoms with Crippen molar-refractivity contribution >= 4 is 16.7 Å². The van der Waals surface area contributed by atoms with E-state index in [0.29, 0.717) is 6.54 Å². The molecule has 0 amide bonds. The van der Waals surface area contributed by atoms with Crippen LogP contribution in [-0.4, -0.2) is 15.2 Å². The Morgan fingerprint density at radius 3 is 2.72 bits per heavy atom. The average Bonchev–Trinajstić information content (AvgIpc) is 2.46. The van der Waals surface area contributed by atoms with Gasteiger partial charge in [-0.05, 0) is 23.8 Å². The van der Waals surface area contributed by atoms with E-state index in [1.807, 2.05) is 30.5 Å². The number of pyridine rings is 1. The van der Waals surface area contributed by atoms with Crippen LogP contribution >= 0.6 is 0 Å². The lowest BCUT2D eigenvalue weighted by molar-refractivity contribution is 1.00. The smallest absolute Gasteiger partial charge is 0.148 e. The molecule has 0 unspecified atom stereocenters. The van der Waals surface area contributed by atoms with Crippen molar-refractivity contribution in [2.45, 2.75) is 6.54 Å². The number of nitrogens with one attached hydrogen (secondary N) is 1. The third kappa shape index (κ3) is 2.13. The van der Waals surface area contributed by atoms with Gasteiger partial charge >= 0.3 is 0 Å². The van der Waals surface area contributed by atoms with Gasteiger partial charge in [0.25, 0.3) is 0 Å². The van der Waals surface area contributed by atoms with Crippen LogP contribution in [0.25, 0.3) is 10.9 Å². The SMILES string of the molecule is c1cnnc(NCc2cccc3cccnc23)c1. The van der Waals surface area contributed by atoms with Crippen LogP contribution in [0.2, 0.25) is 0 Å².